The number of nitrogens with two attached hydrogens (primary N) is 1. The molecule has 1 heterocycles. The minimum Gasteiger partial charge on any atom is -0.392 e. The molecule has 1 unspecified atom stereocenters. The Balaban J connectivity index is 3.02. The monoisotopic (exact) mass is 279 g/mol. The van der Waals surface area contributed by atoms with Crippen molar-refractivity contribution in [3.63, 3.8) is 0 Å². The number of anilines is 2. The van der Waals surface area contributed by atoms with Gasteiger partial charge in [0.15, 0.2) is 15.7 Å². The van der Waals surface area contributed by atoms with Gasteiger partial charge < -0.3 is 16.2 Å². The zero-order valence-corrected chi connectivity index (χ0v) is 11.4. The number of hydrogen-bond donors (Lipinski definition) is 3. The van der Waals surface area contributed by atoms with Crippen molar-refractivity contribution in [2.45, 2.75) is 31.3 Å². The van der Waals surface area contributed by atoms with Crippen molar-refractivity contribution in [3.05, 3.63) is 0 Å². The van der Waals surface area contributed by atoms with Crippen LogP contribution in [0.1, 0.15) is 20.3 Å². The topological polar surface area (TPSA) is 105 Å². The molecule has 0 aromatic carbocycles. The Labute approximate surface area is 105 Å². The maximum atomic E-state index is 12.0. The summed E-state index contributed by atoms with van der Waals surface area (Å²) < 4.78 is 27.8. The van der Waals surface area contributed by atoms with Gasteiger partial charge in [0.1, 0.15) is 9.90 Å². The lowest BCUT2D eigenvalue weighted by molar-refractivity contribution is 0.208. The van der Waals surface area contributed by atoms with E-state index in [4.69, 9.17) is 10.8 Å². The number of rotatable bonds is 6. The smallest absolute Gasteiger partial charge is 0.185 e. The second-order valence-electron chi connectivity index (χ2n) is 3.77. The lowest BCUT2D eigenvalue weighted by Crippen LogP contribution is -2.17. The van der Waals surface area contributed by atoms with E-state index in [0.29, 0.717) is 11.4 Å². The summed E-state index contributed by atoms with van der Waals surface area (Å²) in [5, 5.41) is 12.4. The van der Waals surface area contributed by atoms with Gasteiger partial charge in [0.25, 0.3) is 0 Å². The van der Waals surface area contributed by atoms with Crippen LogP contribution in [0.15, 0.2) is 4.90 Å². The van der Waals surface area contributed by atoms with Crippen molar-refractivity contribution in [2.75, 3.05) is 23.3 Å². The number of nitrogens with zero attached hydrogens (tertiary/aromatic N) is 1. The van der Waals surface area contributed by atoms with Crippen molar-refractivity contribution in [2.24, 2.45) is 0 Å². The quantitative estimate of drug-likeness (QED) is 0.708. The van der Waals surface area contributed by atoms with Crippen LogP contribution in [0.3, 0.4) is 0 Å². The standard InChI is InChI=1S/C9H17N3O3S2/c1-3-4-17(14,15)7-8(10)12-16-9(7)11-5-6(2)13/h6,11,13H,3-5H2,1-2H3,(H2,10,12). The van der Waals surface area contributed by atoms with E-state index in [-0.39, 0.29) is 23.0 Å². The van der Waals surface area contributed by atoms with Crippen LogP contribution >= 0.6 is 11.5 Å². The molecule has 17 heavy (non-hydrogen) atoms. The lowest BCUT2D eigenvalue weighted by Gasteiger charge is -2.08. The molecular formula is C9H17N3O3S2. The summed E-state index contributed by atoms with van der Waals surface area (Å²) >= 11 is 0.994. The molecular weight excluding hydrogens is 262 g/mol. The van der Waals surface area contributed by atoms with Gasteiger partial charge in [-0.15, -0.1) is 0 Å². The highest BCUT2D eigenvalue weighted by Crippen LogP contribution is 2.32. The first-order valence-electron chi connectivity index (χ1n) is 5.28. The number of nitrogen functional groups attached to an aromatic ring is 1. The fourth-order valence-electron chi connectivity index (χ4n) is 1.32. The molecule has 0 radical (unpaired) electrons. The third kappa shape index (κ3) is 3.55. The molecule has 0 aliphatic carbocycles. The average Bonchev–Trinajstić information content (AvgIpc) is 2.57. The van der Waals surface area contributed by atoms with E-state index in [0.717, 1.165) is 11.5 Å². The van der Waals surface area contributed by atoms with Crippen LogP contribution in [-0.4, -0.2) is 36.3 Å². The Kier molecular flexibility index (Phi) is 4.72. The first-order chi connectivity index (χ1) is 7.88. The maximum absolute atomic E-state index is 12.0. The number of aliphatic hydroxyl groups is 1. The highest BCUT2D eigenvalue weighted by Gasteiger charge is 2.24. The molecule has 8 heteroatoms. The van der Waals surface area contributed by atoms with E-state index < -0.39 is 15.9 Å². The predicted molar refractivity (Wildman–Crippen MR) is 69.0 cm³/mol. The SMILES string of the molecule is CCCS(=O)(=O)c1c(N)nsc1NCC(C)O. The number of nitrogens with one attached hydrogen (secondary N) is 1. The summed E-state index contributed by atoms with van der Waals surface area (Å²) in [5.74, 6) is 0.0652. The molecule has 1 aromatic rings. The molecule has 0 fully saturated rings. The van der Waals surface area contributed by atoms with Crippen molar-refractivity contribution in [1.82, 2.24) is 4.37 Å². The van der Waals surface area contributed by atoms with Crippen molar-refractivity contribution in [3.8, 4) is 0 Å². The third-order valence-electron chi connectivity index (χ3n) is 2.02. The van der Waals surface area contributed by atoms with Crippen LogP contribution < -0.4 is 11.1 Å². The van der Waals surface area contributed by atoms with Gasteiger partial charge in [-0.1, -0.05) is 6.92 Å². The average molecular weight is 279 g/mol. The van der Waals surface area contributed by atoms with Gasteiger partial charge in [-0.2, -0.15) is 4.37 Å². The molecule has 0 spiro atoms. The van der Waals surface area contributed by atoms with Gasteiger partial charge in [-0.05, 0) is 24.9 Å². The summed E-state index contributed by atoms with van der Waals surface area (Å²) in [6, 6.07) is 0. The molecule has 98 valence electrons. The largest absolute Gasteiger partial charge is 0.392 e. The van der Waals surface area contributed by atoms with Gasteiger partial charge >= 0.3 is 0 Å². The summed E-state index contributed by atoms with van der Waals surface area (Å²) in [5.41, 5.74) is 5.58. The van der Waals surface area contributed by atoms with Gasteiger partial charge in [0, 0.05) is 6.54 Å². The minimum atomic E-state index is -3.40. The summed E-state index contributed by atoms with van der Waals surface area (Å²) in [6.45, 7) is 3.66. The summed E-state index contributed by atoms with van der Waals surface area (Å²) in [7, 11) is -3.40. The van der Waals surface area contributed by atoms with Gasteiger partial charge in [0.05, 0.1) is 11.9 Å². The minimum absolute atomic E-state index is 0.0246. The fourth-order valence-corrected chi connectivity index (χ4v) is 3.95. The first kappa shape index (κ1) is 14.2. The van der Waals surface area contributed by atoms with Crippen LogP contribution in [0.5, 0.6) is 0 Å². The molecule has 1 aromatic heterocycles. The summed E-state index contributed by atoms with van der Waals surface area (Å²) in [4.78, 5) is 0.0602. The van der Waals surface area contributed by atoms with Crippen LogP contribution in [0.2, 0.25) is 0 Å². The molecule has 0 bridgehead atoms. The fraction of sp³-hybridized carbons (Fsp3) is 0.667. The highest BCUT2D eigenvalue weighted by atomic mass is 32.2. The Morgan fingerprint density at radius 1 is 1.59 bits per heavy atom. The van der Waals surface area contributed by atoms with E-state index >= 15 is 0 Å². The Hall–Kier alpha value is -0.860. The van der Waals surface area contributed by atoms with Crippen molar-refractivity contribution >= 4 is 32.2 Å². The molecule has 1 atom stereocenters. The van der Waals surface area contributed by atoms with E-state index in [1.807, 2.05) is 0 Å². The lowest BCUT2D eigenvalue weighted by atomic mass is 10.4. The van der Waals surface area contributed by atoms with Crippen LogP contribution in [-0.2, 0) is 9.84 Å². The number of sulfone groups is 1. The third-order valence-corrected chi connectivity index (χ3v) is 4.95. The Morgan fingerprint density at radius 3 is 2.76 bits per heavy atom. The van der Waals surface area contributed by atoms with E-state index in [9.17, 15) is 8.42 Å². The highest BCUT2D eigenvalue weighted by molar-refractivity contribution is 7.91. The Bertz CT molecular complexity index is 468. The molecule has 0 saturated heterocycles. The molecule has 6 nitrogen and oxygen atoms in total. The number of aromatic nitrogens is 1. The Morgan fingerprint density at radius 2 is 2.24 bits per heavy atom. The van der Waals surface area contributed by atoms with E-state index in [1.165, 1.54) is 0 Å². The number of aliphatic hydroxyl groups excluding tert-OH is 1. The molecule has 0 saturated carbocycles. The normalized spacial score (nSPS) is 13.6. The van der Waals surface area contributed by atoms with E-state index in [1.54, 1.807) is 13.8 Å². The zero-order chi connectivity index (χ0) is 13.1. The molecule has 0 aliphatic rings. The second kappa shape index (κ2) is 5.65. The summed E-state index contributed by atoms with van der Waals surface area (Å²) in [6.07, 6.45) is -0.0481. The molecule has 0 amide bonds. The molecule has 4 N–H and O–H groups in total. The zero-order valence-electron chi connectivity index (χ0n) is 9.80. The van der Waals surface area contributed by atoms with Gasteiger partial charge in [0.2, 0.25) is 0 Å². The number of hydrogen-bond acceptors (Lipinski definition) is 7. The second-order valence-corrected chi connectivity index (χ2v) is 6.59. The van der Waals surface area contributed by atoms with Gasteiger partial charge in [-0.25, -0.2) is 8.42 Å². The van der Waals surface area contributed by atoms with E-state index in [2.05, 4.69) is 9.69 Å². The van der Waals surface area contributed by atoms with Crippen molar-refractivity contribution in [1.29, 1.82) is 0 Å². The van der Waals surface area contributed by atoms with Crippen LogP contribution in [0, 0.1) is 0 Å². The molecule has 0 aliphatic heterocycles. The first-order valence-corrected chi connectivity index (χ1v) is 7.71. The predicted octanol–water partition coefficient (Wildman–Crippen LogP) is 0.702. The van der Waals surface area contributed by atoms with Crippen LogP contribution in [0.4, 0.5) is 10.8 Å². The van der Waals surface area contributed by atoms with Gasteiger partial charge in [-0.3, -0.25) is 0 Å². The van der Waals surface area contributed by atoms with Crippen LogP contribution in [0.25, 0.3) is 0 Å². The maximum Gasteiger partial charge on any atom is 0.185 e. The van der Waals surface area contributed by atoms with Crippen molar-refractivity contribution < 1.29 is 13.5 Å². The molecule has 1 rings (SSSR count).